The van der Waals surface area contributed by atoms with E-state index in [2.05, 4.69) is 0 Å². The van der Waals surface area contributed by atoms with E-state index in [1.807, 2.05) is 31.2 Å². The van der Waals surface area contributed by atoms with Gasteiger partial charge in [0.1, 0.15) is 5.82 Å². The van der Waals surface area contributed by atoms with Crippen LogP contribution in [0.5, 0.6) is 0 Å². The summed E-state index contributed by atoms with van der Waals surface area (Å²) in [6.07, 6.45) is 1.79. The molecular weight excluding hydrogens is 299 g/mol. The number of nitrogens with one attached hydrogen (secondary N) is 1. The van der Waals surface area contributed by atoms with Crippen molar-refractivity contribution in [3.05, 3.63) is 70.4 Å². The summed E-state index contributed by atoms with van der Waals surface area (Å²) in [6, 6.07) is 13.3. The minimum absolute atomic E-state index is 0.122. The number of halogens is 1. The van der Waals surface area contributed by atoms with Crippen molar-refractivity contribution in [1.29, 1.82) is 5.41 Å². The van der Waals surface area contributed by atoms with Crippen LogP contribution in [0.1, 0.15) is 11.1 Å². The van der Waals surface area contributed by atoms with Crippen LogP contribution in [0.15, 0.2) is 53.4 Å². The highest BCUT2D eigenvalue weighted by molar-refractivity contribution is 8.19. The zero-order valence-electron chi connectivity index (χ0n) is 11.8. The number of aryl methyl sites for hydroxylation is 1. The number of carbonyl (C=O) groups is 1. The maximum atomic E-state index is 13.0. The number of anilines is 1. The number of nitrogens with zero attached hydrogens (tertiary/aromatic N) is 1. The molecule has 1 fully saturated rings. The van der Waals surface area contributed by atoms with Gasteiger partial charge >= 0.3 is 0 Å². The van der Waals surface area contributed by atoms with E-state index in [1.165, 1.54) is 29.2 Å². The van der Waals surface area contributed by atoms with E-state index >= 15 is 0 Å². The van der Waals surface area contributed by atoms with E-state index < -0.39 is 0 Å². The molecular formula is C17H13FN2OS. The molecule has 2 aromatic carbocycles. The first-order chi connectivity index (χ1) is 10.6. The number of hydrogen-bond donors (Lipinski definition) is 1. The molecule has 3 rings (SSSR count). The number of amidine groups is 1. The Bertz CT molecular complexity index is 784. The van der Waals surface area contributed by atoms with Gasteiger partial charge in [-0.1, -0.05) is 24.3 Å². The van der Waals surface area contributed by atoms with Gasteiger partial charge in [-0.3, -0.25) is 15.1 Å². The van der Waals surface area contributed by atoms with Crippen molar-refractivity contribution in [1.82, 2.24) is 0 Å². The van der Waals surface area contributed by atoms with E-state index in [-0.39, 0.29) is 16.9 Å². The van der Waals surface area contributed by atoms with Crippen molar-refractivity contribution in [3.63, 3.8) is 0 Å². The first-order valence-electron chi connectivity index (χ1n) is 6.70. The molecule has 0 saturated carbocycles. The lowest BCUT2D eigenvalue weighted by Gasteiger charge is -2.13. The molecule has 22 heavy (non-hydrogen) atoms. The molecule has 0 atom stereocenters. The third-order valence-electron chi connectivity index (χ3n) is 3.38. The second-order valence-corrected chi connectivity index (χ2v) is 5.92. The highest BCUT2D eigenvalue weighted by atomic mass is 32.2. The predicted molar refractivity (Wildman–Crippen MR) is 88.4 cm³/mol. The van der Waals surface area contributed by atoms with Crippen molar-refractivity contribution >= 4 is 34.6 Å². The van der Waals surface area contributed by atoms with Gasteiger partial charge in [-0.25, -0.2) is 4.39 Å². The van der Waals surface area contributed by atoms with Crippen LogP contribution in [0, 0.1) is 18.2 Å². The summed E-state index contributed by atoms with van der Waals surface area (Å²) in [5.74, 6) is -0.630. The molecule has 1 heterocycles. The lowest BCUT2D eigenvalue weighted by Crippen LogP contribution is -2.28. The number of amides is 1. The average molecular weight is 312 g/mol. The second-order valence-electron chi connectivity index (χ2n) is 4.89. The molecule has 0 aromatic heterocycles. The summed E-state index contributed by atoms with van der Waals surface area (Å²) >= 11 is 1.11. The molecule has 1 aliphatic heterocycles. The minimum atomic E-state index is -0.370. The van der Waals surface area contributed by atoms with E-state index in [9.17, 15) is 9.18 Å². The molecule has 0 spiro atoms. The molecule has 1 saturated heterocycles. The number of thioether (sulfide) groups is 1. The average Bonchev–Trinajstić information content (AvgIpc) is 2.77. The van der Waals surface area contributed by atoms with Crippen molar-refractivity contribution < 1.29 is 9.18 Å². The summed E-state index contributed by atoms with van der Waals surface area (Å²) in [7, 11) is 0. The summed E-state index contributed by atoms with van der Waals surface area (Å²) in [5, 5.41) is 8.13. The fourth-order valence-corrected chi connectivity index (χ4v) is 3.05. The topological polar surface area (TPSA) is 44.2 Å². The Morgan fingerprint density at radius 1 is 1.14 bits per heavy atom. The molecule has 2 aromatic rings. The van der Waals surface area contributed by atoms with E-state index in [4.69, 9.17) is 5.41 Å². The van der Waals surface area contributed by atoms with Crippen molar-refractivity contribution in [2.24, 2.45) is 0 Å². The third-order valence-corrected chi connectivity index (χ3v) is 4.27. The number of hydrogen-bond acceptors (Lipinski definition) is 3. The van der Waals surface area contributed by atoms with Crippen LogP contribution >= 0.6 is 11.8 Å². The lowest BCUT2D eigenvalue weighted by molar-refractivity contribution is -0.113. The normalized spacial score (nSPS) is 16.6. The van der Waals surface area contributed by atoms with Gasteiger partial charge in [0.15, 0.2) is 5.17 Å². The van der Waals surface area contributed by atoms with Gasteiger partial charge < -0.3 is 0 Å². The maximum Gasteiger partial charge on any atom is 0.271 e. The Balaban J connectivity index is 1.95. The molecule has 0 bridgehead atoms. The van der Waals surface area contributed by atoms with Crippen LogP contribution in [-0.2, 0) is 4.79 Å². The van der Waals surface area contributed by atoms with Crippen LogP contribution in [0.2, 0.25) is 0 Å². The van der Waals surface area contributed by atoms with Crippen molar-refractivity contribution in [2.75, 3.05) is 4.90 Å². The number of benzene rings is 2. The molecule has 5 heteroatoms. The molecule has 0 unspecified atom stereocenters. The molecule has 0 radical (unpaired) electrons. The molecule has 3 nitrogen and oxygen atoms in total. The highest BCUT2D eigenvalue weighted by Gasteiger charge is 2.33. The van der Waals surface area contributed by atoms with Gasteiger partial charge in [0.05, 0.1) is 10.6 Å². The fourth-order valence-electron chi connectivity index (χ4n) is 2.20. The predicted octanol–water partition coefficient (Wildman–Crippen LogP) is 4.19. The quantitative estimate of drug-likeness (QED) is 0.845. The summed E-state index contributed by atoms with van der Waals surface area (Å²) in [5.41, 5.74) is 2.51. The first-order valence-corrected chi connectivity index (χ1v) is 7.51. The Morgan fingerprint density at radius 2 is 1.82 bits per heavy atom. The van der Waals surface area contributed by atoms with E-state index in [0.29, 0.717) is 10.6 Å². The molecule has 110 valence electrons. The van der Waals surface area contributed by atoms with Gasteiger partial charge in [0.25, 0.3) is 5.91 Å². The lowest BCUT2D eigenvalue weighted by atomic mass is 10.1. The van der Waals surface area contributed by atoms with Crippen LogP contribution in [0.4, 0.5) is 10.1 Å². The highest BCUT2D eigenvalue weighted by Crippen LogP contribution is 2.35. The summed E-state index contributed by atoms with van der Waals surface area (Å²) in [6.45, 7) is 1.97. The monoisotopic (exact) mass is 312 g/mol. The summed E-state index contributed by atoms with van der Waals surface area (Å²) in [4.78, 5) is 14.3. The molecule has 1 amide bonds. The Morgan fingerprint density at radius 3 is 2.50 bits per heavy atom. The largest absolute Gasteiger partial charge is 0.278 e. The zero-order valence-corrected chi connectivity index (χ0v) is 12.7. The Kier molecular flexibility index (Phi) is 3.81. The third kappa shape index (κ3) is 2.67. The smallest absolute Gasteiger partial charge is 0.271 e. The Hall–Kier alpha value is -2.40. The van der Waals surface area contributed by atoms with E-state index in [1.54, 1.807) is 6.08 Å². The fraction of sp³-hybridized carbons (Fsp3) is 0.0588. The SMILES string of the molecule is Cc1ccccc1/C=C1\SC(=N)N(c2ccc(F)cc2)C1=O. The maximum absolute atomic E-state index is 13.0. The van der Waals surface area contributed by atoms with Gasteiger partial charge in [0, 0.05) is 0 Å². The number of rotatable bonds is 2. The van der Waals surface area contributed by atoms with Crippen LogP contribution in [0.25, 0.3) is 6.08 Å². The number of carbonyl (C=O) groups excluding carboxylic acids is 1. The van der Waals surface area contributed by atoms with Gasteiger partial charge in [0.2, 0.25) is 0 Å². The molecule has 1 aliphatic rings. The van der Waals surface area contributed by atoms with Crippen LogP contribution < -0.4 is 4.90 Å². The van der Waals surface area contributed by atoms with Gasteiger partial charge in [-0.15, -0.1) is 0 Å². The van der Waals surface area contributed by atoms with Gasteiger partial charge in [-0.2, -0.15) is 0 Å². The Labute approximate surface area is 132 Å². The molecule has 0 aliphatic carbocycles. The van der Waals surface area contributed by atoms with Crippen molar-refractivity contribution in [2.45, 2.75) is 6.92 Å². The van der Waals surface area contributed by atoms with Crippen LogP contribution in [0.3, 0.4) is 0 Å². The first kappa shape index (κ1) is 14.5. The minimum Gasteiger partial charge on any atom is -0.278 e. The van der Waals surface area contributed by atoms with Gasteiger partial charge in [-0.05, 0) is 60.2 Å². The van der Waals surface area contributed by atoms with E-state index in [0.717, 1.165) is 22.9 Å². The summed E-state index contributed by atoms with van der Waals surface area (Å²) < 4.78 is 13.0. The standard InChI is InChI=1S/C17H13FN2OS/c1-11-4-2-3-5-12(11)10-15-16(21)20(17(19)22-15)14-8-6-13(18)7-9-14/h2-10,19H,1H3/b15-10-,19-17?. The van der Waals surface area contributed by atoms with Crippen molar-refractivity contribution in [3.8, 4) is 0 Å². The van der Waals surface area contributed by atoms with Crippen LogP contribution in [-0.4, -0.2) is 11.1 Å². The molecule has 1 N–H and O–H groups in total. The zero-order chi connectivity index (χ0) is 15.7. The second kappa shape index (κ2) is 5.77.